The van der Waals surface area contributed by atoms with E-state index in [0.717, 1.165) is 16.8 Å². The van der Waals surface area contributed by atoms with E-state index in [-0.39, 0.29) is 17.0 Å². The van der Waals surface area contributed by atoms with Crippen LogP contribution >= 0.6 is 23.4 Å². The summed E-state index contributed by atoms with van der Waals surface area (Å²) in [6.07, 6.45) is 0. The number of aryl methyl sites for hydroxylation is 1. The highest BCUT2D eigenvalue weighted by atomic mass is 35.5. The molecule has 4 rings (SSSR count). The normalized spacial score (nSPS) is 16.7. The molecule has 1 N–H and O–H groups in total. The van der Waals surface area contributed by atoms with E-state index in [1.165, 1.54) is 23.9 Å². The number of thioether (sulfide) groups is 1. The quantitative estimate of drug-likeness (QED) is 0.690. The average Bonchev–Trinajstić information content (AvgIpc) is 2.83. The molecule has 1 amide bonds. The fourth-order valence-corrected chi connectivity index (χ4v) is 4.62. The second-order valence-electron chi connectivity index (χ2n) is 6.00. The largest absolute Gasteiger partial charge is 0.310 e. The summed E-state index contributed by atoms with van der Waals surface area (Å²) >= 11 is 7.94. The van der Waals surface area contributed by atoms with Crippen LogP contribution in [0.1, 0.15) is 22.1 Å². The minimum Gasteiger partial charge on any atom is -0.310 e. The summed E-state index contributed by atoms with van der Waals surface area (Å²) in [4.78, 5) is 12.3. The second-order valence-corrected chi connectivity index (χ2v) is 7.50. The molecule has 1 aromatic heterocycles. The number of nitrogens with one attached hydrogen (secondary N) is 1. The molecule has 4 nitrogen and oxygen atoms in total. The first-order valence-electron chi connectivity index (χ1n) is 8.06. The molecule has 7 heteroatoms. The molecule has 1 aliphatic rings. The van der Waals surface area contributed by atoms with E-state index in [1.807, 2.05) is 31.2 Å². The molecule has 0 saturated carbocycles. The van der Waals surface area contributed by atoms with Crippen LogP contribution < -0.4 is 5.32 Å². The number of benzene rings is 2. The van der Waals surface area contributed by atoms with E-state index in [4.69, 9.17) is 11.6 Å². The van der Waals surface area contributed by atoms with E-state index in [2.05, 4.69) is 10.4 Å². The fraction of sp³-hybridized carbons (Fsp3) is 0.158. The topological polar surface area (TPSA) is 46.9 Å². The third-order valence-corrected chi connectivity index (χ3v) is 5.86. The Balaban J connectivity index is 1.91. The van der Waals surface area contributed by atoms with Gasteiger partial charge in [0.15, 0.2) is 0 Å². The number of amides is 1. The summed E-state index contributed by atoms with van der Waals surface area (Å²) in [5.41, 5.74) is 3.33. The van der Waals surface area contributed by atoms with Crippen molar-refractivity contribution < 1.29 is 9.18 Å². The van der Waals surface area contributed by atoms with Gasteiger partial charge in [0.25, 0.3) is 0 Å². The molecule has 0 aliphatic carbocycles. The van der Waals surface area contributed by atoms with Gasteiger partial charge in [-0.1, -0.05) is 29.8 Å². The minimum absolute atomic E-state index is 0.103. The summed E-state index contributed by atoms with van der Waals surface area (Å²) in [5.74, 6) is 0.494. The van der Waals surface area contributed by atoms with Crippen molar-refractivity contribution in [2.45, 2.75) is 12.2 Å². The summed E-state index contributed by atoms with van der Waals surface area (Å²) in [5, 5.41) is 8.08. The van der Waals surface area contributed by atoms with Crippen LogP contribution in [0, 0.1) is 12.7 Å². The lowest BCUT2D eigenvalue weighted by Crippen LogP contribution is -2.15. The van der Waals surface area contributed by atoms with Gasteiger partial charge in [-0.25, -0.2) is 9.07 Å². The Labute approximate surface area is 159 Å². The zero-order chi connectivity index (χ0) is 18.3. The van der Waals surface area contributed by atoms with Crippen molar-refractivity contribution in [3.63, 3.8) is 0 Å². The zero-order valence-corrected chi connectivity index (χ0v) is 15.4. The number of carbonyl (C=O) groups excluding carboxylic acids is 1. The maximum absolute atomic E-state index is 13.3. The van der Waals surface area contributed by atoms with Crippen molar-refractivity contribution in [3.8, 4) is 5.69 Å². The van der Waals surface area contributed by atoms with Crippen molar-refractivity contribution in [1.29, 1.82) is 0 Å². The second kappa shape index (κ2) is 6.78. The van der Waals surface area contributed by atoms with E-state index in [9.17, 15) is 9.18 Å². The zero-order valence-electron chi connectivity index (χ0n) is 13.9. The molecule has 0 radical (unpaired) electrons. The third kappa shape index (κ3) is 2.99. The van der Waals surface area contributed by atoms with Crippen LogP contribution in [0.15, 0.2) is 48.5 Å². The molecule has 1 atom stereocenters. The highest BCUT2D eigenvalue weighted by Crippen LogP contribution is 2.45. The van der Waals surface area contributed by atoms with Crippen molar-refractivity contribution in [3.05, 3.63) is 76.2 Å². The first-order chi connectivity index (χ1) is 12.5. The van der Waals surface area contributed by atoms with Crippen LogP contribution in [-0.2, 0) is 4.79 Å². The third-order valence-electron chi connectivity index (χ3n) is 4.27. The Morgan fingerprint density at radius 2 is 1.96 bits per heavy atom. The number of hydrogen-bond acceptors (Lipinski definition) is 3. The van der Waals surface area contributed by atoms with Gasteiger partial charge in [-0.2, -0.15) is 5.10 Å². The number of aromatic nitrogens is 2. The average molecular weight is 388 g/mol. The lowest BCUT2D eigenvalue weighted by Gasteiger charge is -2.16. The van der Waals surface area contributed by atoms with Crippen molar-refractivity contribution in [2.75, 3.05) is 11.1 Å². The predicted octanol–water partition coefficient (Wildman–Crippen LogP) is 4.75. The van der Waals surface area contributed by atoms with Crippen molar-refractivity contribution in [2.24, 2.45) is 0 Å². The van der Waals surface area contributed by atoms with Crippen LogP contribution in [0.25, 0.3) is 5.69 Å². The number of hydrogen-bond donors (Lipinski definition) is 1. The van der Waals surface area contributed by atoms with E-state index < -0.39 is 0 Å². The molecule has 2 aromatic carbocycles. The first kappa shape index (κ1) is 17.1. The molecule has 3 aromatic rings. The fourth-order valence-electron chi connectivity index (χ4n) is 3.09. The number of fused-ring (bicyclic) bond motifs is 1. The molecular formula is C19H15ClFN3OS. The molecule has 2 heterocycles. The number of halogens is 2. The summed E-state index contributed by atoms with van der Waals surface area (Å²) < 4.78 is 14.9. The predicted molar refractivity (Wildman–Crippen MR) is 103 cm³/mol. The standard InChI is InChI=1S/C19H15ClFN3OS/c1-11-17-18(14-4-2-3-5-15(14)20)26-10-16(25)22-19(17)24(23-11)13-8-6-12(21)7-9-13/h2-9,18H,10H2,1H3,(H,22,25)/t18-/m1/s1. The molecule has 0 bridgehead atoms. The number of nitrogens with zero attached hydrogens (tertiary/aromatic N) is 2. The van der Waals surface area contributed by atoms with Gasteiger partial charge in [-0.15, -0.1) is 11.8 Å². The van der Waals surface area contributed by atoms with Crippen LogP contribution in [-0.4, -0.2) is 21.4 Å². The highest BCUT2D eigenvalue weighted by Gasteiger charge is 2.31. The van der Waals surface area contributed by atoms with Crippen LogP contribution in [0.4, 0.5) is 10.2 Å². The SMILES string of the molecule is Cc1nn(-c2ccc(F)cc2)c2c1[C@@H](c1ccccc1Cl)SCC(=O)N2. The van der Waals surface area contributed by atoms with Gasteiger partial charge in [-0.05, 0) is 42.8 Å². The maximum atomic E-state index is 13.3. The minimum atomic E-state index is -0.322. The summed E-state index contributed by atoms with van der Waals surface area (Å²) in [7, 11) is 0. The molecular weight excluding hydrogens is 373 g/mol. The van der Waals surface area contributed by atoms with Gasteiger partial charge in [0.05, 0.1) is 22.4 Å². The lowest BCUT2D eigenvalue weighted by atomic mass is 10.0. The molecule has 0 unspecified atom stereocenters. The highest BCUT2D eigenvalue weighted by molar-refractivity contribution is 8.00. The van der Waals surface area contributed by atoms with Crippen LogP contribution in [0.5, 0.6) is 0 Å². The first-order valence-corrected chi connectivity index (χ1v) is 9.48. The van der Waals surface area contributed by atoms with Gasteiger partial charge in [0.2, 0.25) is 5.91 Å². The van der Waals surface area contributed by atoms with E-state index in [0.29, 0.717) is 22.3 Å². The Kier molecular flexibility index (Phi) is 4.46. The Bertz CT molecular complexity index is 987. The van der Waals surface area contributed by atoms with Gasteiger partial charge in [-0.3, -0.25) is 4.79 Å². The number of carbonyl (C=O) groups is 1. The van der Waals surface area contributed by atoms with Gasteiger partial charge >= 0.3 is 0 Å². The molecule has 0 fully saturated rings. The Morgan fingerprint density at radius 3 is 2.69 bits per heavy atom. The number of anilines is 1. The van der Waals surface area contributed by atoms with Gasteiger partial charge in [0, 0.05) is 10.6 Å². The molecule has 0 saturated heterocycles. The maximum Gasteiger partial charge on any atom is 0.235 e. The Morgan fingerprint density at radius 1 is 1.23 bits per heavy atom. The number of rotatable bonds is 2. The van der Waals surface area contributed by atoms with Crippen molar-refractivity contribution >= 4 is 35.1 Å². The lowest BCUT2D eigenvalue weighted by molar-refractivity contribution is -0.113. The summed E-state index contributed by atoms with van der Waals surface area (Å²) in [6.45, 7) is 1.90. The Hall–Kier alpha value is -2.31. The van der Waals surface area contributed by atoms with Gasteiger partial charge < -0.3 is 5.32 Å². The summed E-state index contributed by atoms with van der Waals surface area (Å²) in [6, 6.07) is 13.6. The molecule has 26 heavy (non-hydrogen) atoms. The smallest absolute Gasteiger partial charge is 0.235 e. The molecule has 132 valence electrons. The van der Waals surface area contributed by atoms with Crippen LogP contribution in [0.2, 0.25) is 5.02 Å². The monoisotopic (exact) mass is 387 g/mol. The molecule has 0 spiro atoms. The van der Waals surface area contributed by atoms with Crippen LogP contribution in [0.3, 0.4) is 0 Å². The van der Waals surface area contributed by atoms with Gasteiger partial charge in [0.1, 0.15) is 11.6 Å². The van der Waals surface area contributed by atoms with Crippen molar-refractivity contribution in [1.82, 2.24) is 9.78 Å². The van der Waals surface area contributed by atoms with E-state index >= 15 is 0 Å². The van der Waals surface area contributed by atoms with E-state index in [1.54, 1.807) is 16.8 Å². The molecule has 1 aliphatic heterocycles.